The van der Waals surface area contributed by atoms with Crippen molar-refractivity contribution in [3.63, 3.8) is 0 Å². The van der Waals surface area contributed by atoms with E-state index >= 15 is 0 Å². The van der Waals surface area contributed by atoms with Gasteiger partial charge in [0.05, 0.1) is 10.5 Å². The lowest BCUT2D eigenvalue weighted by Gasteiger charge is -2.08. The average Bonchev–Trinajstić information content (AvgIpc) is 2.17. The van der Waals surface area contributed by atoms with Crippen molar-refractivity contribution in [1.29, 1.82) is 0 Å². The molecule has 76 valence electrons. The molecular weight excluding hydrogens is 180 g/mol. The van der Waals surface area contributed by atoms with Crippen molar-refractivity contribution >= 4 is 11.4 Å². The topological polar surface area (TPSA) is 69.2 Å². The molecule has 1 aromatic carbocycles. The molecule has 0 unspecified atom stereocenters. The van der Waals surface area contributed by atoms with E-state index in [0.29, 0.717) is 17.7 Å². The maximum Gasteiger partial charge on any atom is 0.274 e. The summed E-state index contributed by atoms with van der Waals surface area (Å²) in [5, 5.41) is 10.7. The smallest absolute Gasteiger partial charge is 0.274 e. The maximum atomic E-state index is 10.7. The van der Waals surface area contributed by atoms with Gasteiger partial charge in [-0.3, -0.25) is 10.1 Å². The molecule has 0 atom stereocenters. The van der Waals surface area contributed by atoms with Gasteiger partial charge in [-0.05, 0) is 18.4 Å². The summed E-state index contributed by atoms with van der Waals surface area (Å²) in [5.41, 5.74) is 8.17. The number of nitrogens with two attached hydrogens (primary N) is 1. The number of rotatable bonds is 3. The van der Waals surface area contributed by atoms with E-state index in [2.05, 4.69) is 0 Å². The normalized spacial score (nSPS) is 10.1. The fourth-order valence-corrected chi connectivity index (χ4v) is 1.55. The van der Waals surface area contributed by atoms with E-state index in [9.17, 15) is 10.1 Å². The van der Waals surface area contributed by atoms with Gasteiger partial charge in [-0.1, -0.05) is 19.9 Å². The second-order valence-electron chi connectivity index (χ2n) is 3.10. The zero-order valence-electron chi connectivity index (χ0n) is 8.41. The Morgan fingerprint density at radius 1 is 1.36 bits per heavy atom. The molecule has 0 saturated heterocycles. The summed E-state index contributed by atoms with van der Waals surface area (Å²) in [6.07, 6.45) is 1.40. The first-order valence-electron chi connectivity index (χ1n) is 4.66. The number of nitro benzene ring substituents is 1. The summed E-state index contributed by atoms with van der Waals surface area (Å²) in [7, 11) is 0. The Bertz CT molecular complexity index is 361. The first-order valence-corrected chi connectivity index (χ1v) is 4.66. The highest BCUT2D eigenvalue weighted by atomic mass is 16.6. The molecule has 1 rings (SSSR count). The van der Waals surface area contributed by atoms with Crippen LogP contribution in [0.5, 0.6) is 0 Å². The van der Waals surface area contributed by atoms with E-state index in [1.165, 1.54) is 6.07 Å². The minimum absolute atomic E-state index is 0.127. The number of nitro groups is 1. The molecule has 0 saturated carbocycles. The highest BCUT2D eigenvalue weighted by Crippen LogP contribution is 2.28. The number of anilines is 1. The van der Waals surface area contributed by atoms with Crippen LogP contribution < -0.4 is 5.73 Å². The van der Waals surface area contributed by atoms with Crippen LogP contribution in [0.25, 0.3) is 0 Å². The third-order valence-electron chi connectivity index (χ3n) is 2.35. The first kappa shape index (κ1) is 10.5. The third-order valence-corrected chi connectivity index (χ3v) is 2.35. The fraction of sp³-hybridized carbons (Fsp3) is 0.400. The zero-order valence-corrected chi connectivity index (χ0v) is 8.41. The molecule has 0 fully saturated rings. The zero-order chi connectivity index (χ0) is 10.7. The van der Waals surface area contributed by atoms with Crippen LogP contribution in [-0.2, 0) is 12.8 Å². The lowest BCUT2D eigenvalue weighted by atomic mass is 10.0. The minimum atomic E-state index is -0.380. The number of nitrogens with zero attached hydrogens (tertiary/aromatic N) is 1. The first-order chi connectivity index (χ1) is 6.61. The molecule has 0 aliphatic carbocycles. The largest absolute Gasteiger partial charge is 0.398 e. The molecule has 2 N–H and O–H groups in total. The fourth-order valence-electron chi connectivity index (χ4n) is 1.55. The molecule has 0 radical (unpaired) electrons. The number of nitrogen functional groups attached to an aromatic ring is 1. The van der Waals surface area contributed by atoms with Crippen molar-refractivity contribution < 1.29 is 4.92 Å². The van der Waals surface area contributed by atoms with E-state index in [1.54, 1.807) is 6.07 Å². The van der Waals surface area contributed by atoms with Crippen molar-refractivity contribution in [2.24, 2.45) is 0 Å². The van der Waals surface area contributed by atoms with Crippen molar-refractivity contribution in [3.05, 3.63) is 33.4 Å². The molecule has 0 bridgehead atoms. The molecule has 0 aliphatic heterocycles. The van der Waals surface area contributed by atoms with Crippen LogP contribution in [0.4, 0.5) is 11.4 Å². The molecule has 0 spiro atoms. The lowest BCUT2D eigenvalue weighted by molar-refractivity contribution is -0.385. The van der Waals surface area contributed by atoms with Crippen LogP contribution in [0, 0.1) is 10.1 Å². The van der Waals surface area contributed by atoms with Crippen LogP contribution in [0.2, 0.25) is 0 Å². The number of hydrogen-bond donors (Lipinski definition) is 1. The highest BCUT2D eigenvalue weighted by molar-refractivity contribution is 5.62. The predicted molar refractivity (Wildman–Crippen MR) is 56.3 cm³/mol. The highest BCUT2D eigenvalue weighted by Gasteiger charge is 2.16. The Labute approximate surface area is 82.9 Å². The van der Waals surface area contributed by atoms with Gasteiger partial charge in [0.15, 0.2) is 0 Å². The van der Waals surface area contributed by atoms with Crippen LogP contribution in [-0.4, -0.2) is 4.92 Å². The molecule has 14 heavy (non-hydrogen) atoms. The average molecular weight is 194 g/mol. The van der Waals surface area contributed by atoms with Crippen molar-refractivity contribution in [1.82, 2.24) is 0 Å². The molecule has 0 amide bonds. The Morgan fingerprint density at radius 3 is 2.43 bits per heavy atom. The summed E-state index contributed by atoms with van der Waals surface area (Å²) < 4.78 is 0. The molecule has 0 aliphatic rings. The van der Waals surface area contributed by atoms with Gasteiger partial charge >= 0.3 is 0 Å². The van der Waals surface area contributed by atoms with E-state index < -0.39 is 0 Å². The van der Waals surface area contributed by atoms with Crippen molar-refractivity contribution in [2.45, 2.75) is 26.7 Å². The summed E-state index contributed by atoms with van der Waals surface area (Å²) in [6, 6.07) is 3.26. The molecule has 0 aromatic heterocycles. The maximum absolute atomic E-state index is 10.7. The van der Waals surface area contributed by atoms with Gasteiger partial charge in [0.1, 0.15) is 0 Å². The Morgan fingerprint density at radius 2 is 2.00 bits per heavy atom. The van der Waals surface area contributed by atoms with Crippen LogP contribution in [0.1, 0.15) is 25.0 Å². The quantitative estimate of drug-likeness (QED) is 0.456. The van der Waals surface area contributed by atoms with Crippen LogP contribution >= 0.6 is 0 Å². The Balaban J connectivity index is 3.35. The van der Waals surface area contributed by atoms with Gasteiger partial charge < -0.3 is 5.73 Å². The summed E-state index contributed by atoms with van der Waals surface area (Å²) >= 11 is 0. The van der Waals surface area contributed by atoms with E-state index in [-0.39, 0.29) is 10.6 Å². The number of hydrogen-bond acceptors (Lipinski definition) is 3. The predicted octanol–water partition coefficient (Wildman–Crippen LogP) is 2.30. The Kier molecular flexibility index (Phi) is 3.06. The van der Waals surface area contributed by atoms with E-state index in [0.717, 1.165) is 12.0 Å². The minimum Gasteiger partial charge on any atom is -0.398 e. The molecule has 0 heterocycles. The van der Waals surface area contributed by atoms with Gasteiger partial charge in [-0.15, -0.1) is 0 Å². The molecule has 4 heteroatoms. The standard InChI is InChI=1S/C10H14N2O2/c1-3-7-5-6-9(12(13)14)8(4-2)10(7)11/h5-6H,3-4,11H2,1-2H3. The van der Waals surface area contributed by atoms with E-state index in [1.807, 2.05) is 13.8 Å². The summed E-state index contributed by atoms with van der Waals surface area (Å²) in [4.78, 5) is 10.3. The van der Waals surface area contributed by atoms with Crippen molar-refractivity contribution in [2.75, 3.05) is 5.73 Å². The second-order valence-corrected chi connectivity index (χ2v) is 3.10. The third kappa shape index (κ3) is 1.69. The van der Waals surface area contributed by atoms with Crippen LogP contribution in [0.15, 0.2) is 12.1 Å². The van der Waals surface area contributed by atoms with Gasteiger partial charge in [-0.25, -0.2) is 0 Å². The van der Waals surface area contributed by atoms with Crippen molar-refractivity contribution in [3.8, 4) is 0 Å². The van der Waals surface area contributed by atoms with Gasteiger partial charge in [0.25, 0.3) is 5.69 Å². The summed E-state index contributed by atoms with van der Waals surface area (Å²) in [5.74, 6) is 0. The number of benzene rings is 1. The van der Waals surface area contributed by atoms with Gasteiger partial charge in [0.2, 0.25) is 0 Å². The summed E-state index contributed by atoms with van der Waals surface area (Å²) in [6.45, 7) is 3.86. The number of aryl methyl sites for hydroxylation is 1. The Hall–Kier alpha value is -1.58. The second kappa shape index (κ2) is 4.09. The molecular formula is C10H14N2O2. The SMILES string of the molecule is CCc1ccc([N+](=O)[O-])c(CC)c1N. The van der Waals surface area contributed by atoms with Gasteiger partial charge in [-0.2, -0.15) is 0 Å². The van der Waals surface area contributed by atoms with Gasteiger partial charge in [0, 0.05) is 11.8 Å². The lowest BCUT2D eigenvalue weighted by Crippen LogP contribution is -2.02. The monoisotopic (exact) mass is 194 g/mol. The van der Waals surface area contributed by atoms with Crippen LogP contribution in [0.3, 0.4) is 0 Å². The molecule has 4 nitrogen and oxygen atoms in total. The molecule has 1 aromatic rings. The van der Waals surface area contributed by atoms with E-state index in [4.69, 9.17) is 5.73 Å².